The van der Waals surface area contributed by atoms with Gasteiger partial charge in [-0.3, -0.25) is 14.4 Å². The van der Waals surface area contributed by atoms with Gasteiger partial charge in [0.1, 0.15) is 11.4 Å². The summed E-state index contributed by atoms with van der Waals surface area (Å²) in [4.78, 5) is 15.4. The molecule has 3 aliphatic heterocycles. The number of rotatable bonds is 5. The lowest BCUT2D eigenvalue weighted by Crippen LogP contribution is -2.57. The van der Waals surface area contributed by atoms with Crippen LogP contribution in [0.1, 0.15) is 39.2 Å². The summed E-state index contributed by atoms with van der Waals surface area (Å²) < 4.78 is 1.94. The third-order valence-corrected chi connectivity index (χ3v) is 7.31. The van der Waals surface area contributed by atoms with E-state index in [0.29, 0.717) is 17.6 Å². The van der Waals surface area contributed by atoms with E-state index in [4.69, 9.17) is 0 Å². The molecular weight excluding hydrogens is 426 g/mol. The molecule has 2 aromatic carbocycles. The van der Waals surface area contributed by atoms with Gasteiger partial charge in [0.2, 0.25) is 5.91 Å². The molecule has 178 valence electrons. The Morgan fingerprint density at radius 2 is 1.97 bits per heavy atom. The second-order valence-electron chi connectivity index (χ2n) is 10.7. The molecule has 0 saturated carbocycles. The Morgan fingerprint density at radius 3 is 2.65 bits per heavy atom. The van der Waals surface area contributed by atoms with Gasteiger partial charge < -0.3 is 10.4 Å². The lowest BCUT2D eigenvalue weighted by atomic mass is 9.75. The van der Waals surface area contributed by atoms with Crippen molar-refractivity contribution >= 4 is 11.6 Å². The van der Waals surface area contributed by atoms with Crippen LogP contribution in [0.5, 0.6) is 5.75 Å². The zero-order valence-electron chi connectivity index (χ0n) is 20.1. The fourth-order valence-electron chi connectivity index (χ4n) is 5.32. The van der Waals surface area contributed by atoms with Gasteiger partial charge in [-0.1, -0.05) is 56.3 Å². The maximum atomic E-state index is 12.9. The summed E-state index contributed by atoms with van der Waals surface area (Å²) in [7, 11) is 0. The molecule has 7 nitrogen and oxygen atoms in total. The highest BCUT2D eigenvalue weighted by Gasteiger charge is 2.43. The van der Waals surface area contributed by atoms with Crippen LogP contribution in [-0.4, -0.2) is 50.0 Å². The Balaban J connectivity index is 1.21. The number of nitrogens with zero attached hydrogens (tertiary/aromatic N) is 4. The van der Waals surface area contributed by atoms with Crippen LogP contribution in [0, 0.1) is 11.8 Å². The third kappa shape index (κ3) is 4.71. The number of anilines is 1. The first-order chi connectivity index (χ1) is 16.3. The van der Waals surface area contributed by atoms with Crippen LogP contribution in [-0.2, 0) is 16.8 Å². The number of phenols is 1. The van der Waals surface area contributed by atoms with Crippen molar-refractivity contribution in [3.63, 3.8) is 0 Å². The largest absolute Gasteiger partial charge is 0.508 e. The lowest BCUT2D eigenvalue weighted by Gasteiger charge is -2.49. The van der Waals surface area contributed by atoms with Gasteiger partial charge in [0.25, 0.3) is 0 Å². The minimum Gasteiger partial charge on any atom is -0.508 e. The molecule has 4 heterocycles. The van der Waals surface area contributed by atoms with Crippen molar-refractivity contribution in [1.29, 1.82) is 0 Å². The number of piperidine rings is 3. The molecule has 7 heteroatoms. The zero-order chi connectivity index (χ0) is 23.9. The molecule has 2 bridgehead atoms. The molecule has 34 heavy (non-hydrogen) atoms. The fraction of sp³-hybridized carbons (Fsp3) is 0.444. The van der Waals surface area contributed by atoms with E-state index in [9.17, 15) is 9.90 Å². The van der Waals surface area contributed by atoms with Gasteiger partial charge in [-0.2, -0.15) is 0 Å². The van der Waals surface area contributed by atoms with Crippen molar-refractivity contribution in [3.05, 3.63) is 60.3 Å². The van der Waals surface area contributed by atoms with E-state index in [-0.39, 0.29) is 23.0 Å². The number of aromatic nitrogens is 3. The fourth-order valence-corrected chi connectivity index (χ4v) is 5.32. The molecule has 0 aliphatic carbocycles. The molecule has 3 fully saturated rings. The predicted octanol–water partition coefficient (Wildman–Crippen LogP) is 4.30. The number of fused-ring (bicyclic) bond motifs is 3. The van der Waals surface area contributed by atoms with Crippen molar-refractivity contribution in [2.45, 2.75) is 51.6 Å². The van der Waals surface area contributed by atoms with Gasteiger partial charge in [-0.15, -0.1) is 5.10 Å². The van der Waals surface area contributed by atoms with Gasteiger partial charge in [0.15, 0.2) is 0 Å². The van der Waals surface area contributed by atoms with Crippen LogP contribution >= 0.6 is 0 Å². The molecule has 3 aromatic rings. The Morgan fingerprint density at radius 1 is 1.18 bits per heavy atom. The minimum absolute atomic E-state index is 0.0278. The van der Waals surface area contributed by atoms with Crippen molar-refractivity contribution in [1.82, 2.24) is 19.9 Å². The summed E-state index contributed by atoms with van der Waals surface area (Å²) >= 11 is 0. The smallest absolute Gasteiger partial charge is 0.229 e. The average Bonchev–Trinajstić information content (AvgIpc) is 3.27. The number of hydrogen-bond acceptors (Lipinski definition) is 5. The summed E-state index contributed by atoms with van der Waals surface area (Å²) in [6.07, 6.45) is 4.05. The highest BCUT2D eigenvalue weighted by Crippen LogP contribution is 2.37. The highest BCUT2D eigenvalue weighted by atomic mass is 16.3. The predicted molar refractivity (Wildman–Crippen MR) is 132 cm³/mol. The lowest BCUT2D eigenvalue weighted by molar-refractivity contribution is -0.127. The Hall–Kier alpha value is -3.19. The van der Waals surface area contributed by atoms with E-state index >= 15 is 0 Å². The monoisotopic (exact) mass is 459 g/mol. The van der Waals surface area contributed by atoms with Gasteiger partial charge in [0.05, 0.1) is 18.7 Å². The Kier molecular flexibility index (Phi) is 5.90. The van der Waals surface area contributed by atoms with Crippen LogP contribution in [0.2, 0.25) is 0 Å². The highest BCUT2D eigenvalue weighted by molar-refractivity contribution is 5.93. The normalized spacial score (nSPS) is 24.2. The number of aromatic hydroxyl groups is 1. The molecule has 3 saturated heterocycles. The number of benzene rings is 2. The van der Waals surface area contributed by atoms with Crippen LogP contribution < -0.4 is 5.32 Å². The number of phenolic OH excluding ortho intramolecular Hbond substituents is 1. The van der Waals surface area contributed by atoms with Gasteiger partial charge in [-0.25, -0.2) is 0 Å². The molecule has 0 spiro atoms. The Labute approximate surface area is 200 Å². The minimum atomic E-state index is -0.0278. The molecular formula is C27H33N5O2. The quantitative estimate of drug-likeness (QED) is 0.595. The molecule has 6 rings (SSSR count). The summed E-state index contributed by atoms with van der Waals surface area (Å²) in [5, 5.41) is 21.5. The number of nitrogens with one attached hydrogen (secondary N) is 1. The molecule has 4 unspecified atom stereocenters. The van der Waals surface area contributed by atoms with E-state index in [1.165, 1.54) is 5.56 Å². The van der Waals surface area contributed by atoms with Crippen LogP contribution in [0.4, 0.5) is 5.69 Å². The molecule has 4 atom stereocenters. The first-order valence-electron chi connectivity index (χ1n) is 12.1. The van der Waals surface area contributed by atoms with Gasteiger partial charge >= 0.3 is 0 Å². The first-order valence-corrected chi connectivity index (χ1v) is 12.1. The molecule has 2 N–H and O–H groups in total. The van der Waals surface area contributed by atoms with Crippen molar-refractivity contribution < 1.29 is 9.90 Å². The maximum absolute atomic E-state index is 12.9. The topological polar surface area (TPSA) is 83.3 Å². The standard InChI is InChI=1S/C27H33N5O2/c1-27(2,3)20-9-7-18(8-10-20)25-17-32(30-29-25)15-22-13-19-11-12-31(22)16-24(19)26(34)28-21-5-4-6-23(33)14-21/h4-10,14,17,19,22,24,33H,11-13,15-16H2,1-3H3,(H,28,34). The molecule has 1 aromatic heterocycles. The maximum Gasteiger partial charge on any atom is 0.229 e. The van der Waals surface area contributed by atoms with Gasteiger partial charge in [-0.05, 0) is 48.4 Å². The second-order valence-corrected chi connectivity index (χ2v) is 10.7. The van der Waals surface area contributed by atoms with Crippen LogP contribution in [0.15, 0.2) is 54.7 Å². The van der Waals surface area contributed by atoms with E-state index in [1.54, 1.807) is 24.3 Å². The van der Waals surface area contributed by atoms with E-state index in [0.717, 1.165) is 43.7 Å². The van der Waals surface area contributed by atoms with E-state index in [1.807, 2.05) is 10.9 Å². The first kappa shape index (κ1) is 22.6. The van der Waals surface area contributed by atoms with Gasteiger partial charge in [0, 0.05) is 29.9 Å². The van der Waals surface area contributed by atoms with E-state index in [2.05, 4.69) is 65.6 Å². The third-order valence-electron chi connectivity index (χ3n) is 7.31. The number of carbonyl (C=O) groups is 1. The summed E-state index contributed by atoms with van der Waals surface area (Å²) in [6.45, 7) is 9.20. The van der Waals surface area contributed by atoms with Crippen molar-refractivity contribution in [3.8, 4) is 17.0 Å². The molecule has 1 amide bonds. The average molecular weight is 460 g/mol. The summed E-state index contributed by atoms with van der Waals surface area (Å²) in [5.41, 5.74) is 4.04. The number of hydrogen-bond donors (Lipinski definition) is 2. The molecule has 0 radical (unpaired) electrons. The number of amides is 1. The van der Waals surface area contributed by atoms with Crippen molar-refractivity contribution in [2.75, 3.05) is 18.4 Å². The Bertz CT molecular complexity index is 1160. The SMILES string of the molecule is CC(C)(C)c1ccc(-c2cn(CC3CC4CCN3CC4C(=O)Nc3cccc(O)c3)nn2)cc1. The zero-order valence-corrected chi connectivity index (χ0v) is 20.1. The molecule has 3 aliphatic rings. The summed E-state index contributed by atoms with van der Waals surface area (Å²) in [6, 6.07) is 15.7. The van der Waals surface area contributed by atoms with Crippen LogP contribution in [0.25, 0.3) is 11.3 Å². The number of carbonyl (C=O) groups excluding carboxylic acids is 1. The summed E-state index contributed by atoms with van der Waals surface area (Å²) in [5.74, 6) is 0.532. The van der Waals surface area contributed by atoms with Crippen molar-refractivity contribution in [2.24, 2.45) is 11.8 Å². The van der Waals surface area contributed by atoms with E-state index < -0.39 is 0 Å². The second kappa shape index (κ2) is 8.87. The van der Waals surface area contributed by atoms with Crippen LogP contribution in [0.3, 0.4) is 0 Å².